The minimum atomic E-state index is 0.241. The first-order valence-corrected chi connectivity index (χ1v) is 13.0. The SMILES string of the molecule is Oc1cccc(N(c2ccccc2)c2ccc(-c3ccc(N(c4ccccc4)c4ccccc4)cc3)cc2)c1. The first-order chi connectivity index (χ1) is 19.3. The van der Waals surface area contributed by atoms with Gasteiger partial charge in [-0.3, -0.25) is 0 Å². The molecular formula is C36H28N2O. The Bertz CT molecular complexity index is 1590. The Kier molecular flexibility index (Phi) is 6.79. The summed E-state index contributed by atoms with van der Waals surface area (Å²) in [5.74, 6) is 0.241. The summed E-state index contributed by atoms with van der Waals surface area (Å²) >= 11 is 0. The van der Waals surface area contributed by atoms with Crippen LogP contribution >= 0.6 is 0 Å². The molecule has 39 heavy (non-hydrogen) atoms. The van der Waals surface area contributed by atoms with E-state index >= 15 is 0 Å². The third-order valence-electron chi connectivity index (χ3n) is 6.72. The van der Waals surface area contributed by atoms with Crippen molar-refractivity contribution in [3.8, 4) is 16.9 Å². The second-order valence-corrected chi connectivity index (χ2v) is 9.29. The number of hydrogen-bond acceptors (Lipinski definition) is 3. The average Bonchev–Trinajstić information content (AvgIpc) is 3.00. The van der Waals surface area contributed by atoms with Crippen molar-refractivity contribution in [1.82, 2.24) is 0 Å². The number of benzene rings is 6. The quantitative estimate of drug-likeness (QED) is 0.234. The Labute approximate surface area is 229 Å². The van der Waals surface area contributed by atoms with Crippen LogP contribution < -0.4 is 9.80 Å². The minimum absolute atomic E-state index is 0.241. The van der Waals surface area contributed by atoms with Gasteiger partial charge in [0.05, 0.1) is 0 Å². The van der Waals surface area contributed by atoms with E-state index in [0.29, 0.717) is 0 Å². The van der Waals surface area contributed by atoms with E-state index in [0.717, 1.165) is 45.3 Å². The largest absolute Gasteiger partial charge is 0.508 e. The molecule has 0 aromatic heterocycles. The van der Waals surface area contributed by atoms with Crippen molar-refractivity contribution in [2.45, 2.75) is 0 Å². The maximum absolute atomic E-state index is 10.1. The van der Waals surface area contributed by atoms with Crippen molar-refractivity contribution in [3.63, 3.8) is 0 Å². The lowest BCUT2D eigenvalue weighted by molar-refractivity contribution is 0.475. The van der Waals surface area contributed by atoms with Crippen LogP contribution in [0.5, 0.6) is 5.75 Å². The van der Waals surface area contributed by atoms with Crippen LogP contribution in [0.15, 0.2) is 164 Å². The van der Waals surface area contributed by atoms with E-state index in [1.807, 2.05) is 42.5 Å². The van der Waals surface area contributed by atoms with Gasteiger partial charge in [0.25, 0.3) is 0 Å². The summed E-state index contributed by atoms with van der Waals surface area (Å²) in [7, 11) is 0. The molecule has 6 rings (SSSR count). The molecule has 0 saturated heterocycles. The van der Waals surface area contributed by atoms with Gasteiger partial charge in [-0.2, -0.15) is 0 Å². The number of nitrogens with zero attached hydrogens (tertiary/aromatic N) is 2. The van der Waals surface area contributed by atoms with Gasteiger partial charge in [0.15, 0.2) is 0 Å². The van der Waals surface area contributed by atoms with E-state index < -0.39 is 0 Å². The molecule has 0 unspecified atom stereocenters. The van der Waals surface area contributed by atoms with Crippen LogP contribution in [-0.4, -0.2) is 5.11 Å². The fourth-order valence-corrected chi connectivity index (χ4v) is 4.86. The summed E-state index contributed by atoms with van der Waals surface area (Å²) in [5, 5.41) is 10.1. The molecule has 0 aliphatic heterocycles. The van der Waals surface area contributed by atoms with Crippen LogP contribution in [-0.2, 0) is 0 Å². The molecule has 0 aliphatic carbocycles. The lowest BCUT2D eigenvalue weighted by atomic mass is 10.0. The van der Waals surface area contributed by atoms with Crippen LogP contribution in [0.4, 0.5) is 34.1 Å². The van der Waals surface area contributed by atoms with Crippen molar-refractivity contribution in [2.75, 3.05) is 9.80 Å². The van der Waals surface area contributed by atoms with Crippen molar-refractivity contribution >= 4 is 34.1 Å². The van der Waals surface area contributed by atoms with Crippen LogP contribution in [0.2, 0.25) is 0 Å². The van der Waals surface area contributed by atoms with E-state index in [4.69, 9.17) is 0 Å². The summed E-state index contributed by atoms with van der Waals surface area (Å²) in [6.45, 7) is 0. The van der Waals surface area contributed by atoms with Gasteiger partial charge in [-0.05, 0) is 83.9 Å². The molecule has 3 nitrogen and oxygen atoms in total. The molecule has 0 atom stereocenters. The second-order valence-electron chi connectivity index (χ2n) is 9.29. The average molecular weight is 505 g/mol. The predicted molar refractivity (Wildman–Crippen MR) is 163 cm³/mol. The Morgan fingerprint density at radius 2 is 0.641 bits per heavy atom. The van der Waals surface area contributed by atoms with E-state index in [9.17, 15) is 5.11 Å². The third-order valence-corrected chi connectivity index (χ3v) is 6.72. The van der Waals surface area contributed by atoms with Crippen LogP contribution in [0.3, 0.4) is 0 Å². The molecule has 6 aromatic rings. The summed E-state index contributed by atoms with van der Waals surface area (Å²) < 4.78 is 0. The smallest absolute Gasteiger partial charge is 0.117 e. The standard InChI is InChI=1S/C36H28N2O/c39-36-18-10-17-35(27-36)38(32-15-8-3-9-16-32)34-25-21-29(22-26-34)28-19-23-33(24-20-28)37(30-11-4-1-5-12-30)31-13-6-2-7-14-31/h1-27,39H. The number of hydrogen-bond donors (Lipinski definition) is 1. The Morgan fingerprint density at radius 3 is 1.03 bits per heavy atom. The zero-order valence-corrected chi connectivity index (χ0v) is 21.4. The summed E-state index contributed by atoms with van der Waals surface area (Å²) in [6.07, 6.45) is 0. The predicted octanol–water partition coefficient (Wildman–Crippen LogP) is 10.00. The molecule has 0 bridgehead atoms. The number of anilines is 6. The topological polar surface area (TPSA) is 26.7 Å². The molecular weight excluding hydrogens is 476 g/mol. The molecule has 0 fully saturated rings. The molecule has 0 saturated carbocycles. The first kappa shape index (κ1) is 24.1. The maximum atomic E-state index is 10.1. The fraction of sp³-hybridized carbons (Fsp3) is 0. The number of rotatable bonds is 7. The molecule has 0 amide bonds. The highest BCUT2D eigenvalue weighted by Gasteiger charge is 2.14. The van der Waals surface area contributed by atoms with Crippen molar-refractivity contribution in [2.24, 2.45) is 0 Å². The van der Waals surface area contributed by atoms with E-state index in [1.165, 1.54) is 0 Å². The zero-order chi connectivity index (χ0) is 26.4. The minimum Gasteiger partial charge on any atom is -0.508 e. The van der Waals surface area contributed by atoms with Gasteiger partial charge in [0, 0.05) is 40.2 Å². The number of para-hydroxylation sites is 3. The van der Waals surface area contributed by atoms with Crippen molar-refractivity contribution in [1.29, 1.82) is 0 Å². The highest BCUT2D eigenvalue weighted by atomic mass is 16.3. The number of aromatic hydroxyl groups is 1. The molecule has 1 N–H and O–H groups in total. The Morgan fingerprint density at radius 1 is 0.308 bits per heavy atom. The van der Waals surface area contributed by atoms with E-state index in [1.54, 1.807) is 12.1 Å². The highest BCUT2D eigenvalue weighted by molar-refractivity contribution is 5.80. The number of phenols is 1. The van der Waals surface area contributed by atoms with Gasteiger partial charge in [0.2, 0.25) is 0 Å². The van der Waals surface area contributed by atoms with Crippen LogP contribution in [0.25, 0.3) is 11.1 Å². The third kappa shape index (κ3) is 5.25. The van der Waals surface area contributed by atoms with E-state index in [2.05, 4.69) is 119 Å². The molecule has 188 valence electrons. The summed E-state index contributed by atoms with van der Waals surface area (Å²) in [4.78, 5) is 4.41. The van der Waals surface area contributed by atoms with Crippen LogP contribution in [0.1, 0.15) is 0 Å². The monoisotopic (exact) mass is 504 g/mol. The molecule has 0 aliphatic rings. The first-order valence-electron chi connectivity index (χ1n) is 13.0. The van der Waals surface area contributed by atoms with Crippen molar-refractivity contribution < 1.29 is 5.11 Å². The van der Waals surface area contributed by atoms with Gasteiger partial charge in [-0.15, -0.1) is 0 Å². The maximum Gasteiger partial charge on any atom is 0.117 e. The lowest BCUT2D eigenvalue weighted by Crippen LogP contribution is -2.09. The van der Waals surface area contributed by atoms with Gasteiger partial charge in [-0.25, -0.2) is 0 Å². The summed E-state index contributed by atoms with van der Waals surface area (Å²) in [5.41, 5.74) is 8.58. The molecule has 0 spiro atoms. The molecule has 6 aromatic carbocycles. The highest BCUT2D eigenvalue weighted by Crippen LogP contribution is 2.38. The molecule has 3 heteroatoms. The van der Waals surface area contributed by atoms with Crippen LogP contribution in [0, 0.1) is 0 Å². The van der Waals surface area contributed by atoms with Gasteiger partial charge in [0.1, 0.15) is 5.75 Å². The molecule has 0 heterocycles. The zero-order valence-electron chi connectivity index (χ0n) is 21.4. The van der Waals surface area contributed by atoms with Crippen molar-refractivity contribution in [3.05, 3.63) is 164 Å². The van der Waals surface area contributed by atoms with Gasteiger partial charge >= 0.3 is 0 Å². The normalized spacial score (nSPS) is 10.7. The lowest BCUT2D eigenvalue weighted by Gasteiger charge is -2.26. The summed E-state index contributed by atoms with van der Waals surface area (Å²) in [6, 6.07) is 55.6. The second kappa shape index (κ2) is 11.0. The van der Waals surface area contributed by atoms with Gasteiger partial charge < -0.3 is 14.9 Å². The Hall–Kier alpha value is -5.28. The molecule has 0 radical (unpaired) electrons. The number of phenolic OH excluding ortho intramolecular Hbond substituents is 1. The Balaban J connectivity index is 1.32. The van der Waals surface area contributed by atoms with Gasteiger partial charge in [-0.1, -0.05) is 84.9 Å². The van der Waals surface area contributed by atoms with E-state index in [-0.39, 0.29) is 5.75 Å². The fourth-order valence-electron chi connectivity index (χ4n) is 4.86.